The summed E-state index contributed by atoms with van der Waals surface area (Å²) in [5.41, 5.74) is 0.564. The van der Waals surface area contributed by atoms with Crippen molar-refractivity contribution in [3.8, 4) is 0 Å². The molecule has 1 aromatic heterocycles. The molecule has 0 aliphatic heterocycles. The maximum absolute atomic E-state index is 3.91. The maximum Gasteiger partial charge on any atom is 0.0440 e. The molecule has 1 N–H and O–H groups in total. The van der Waals surface area contributed by atoms with E-state index < -0.39 is 0 Å². The Balaban J connectivity index is 1.95. The van der Waals surface area contributed by atoms with Crippen molar-refractivity contribution in [3.63, 3.8) is 0 Å². The summed E-state index contributed by atoms with van der Waals surface area (Å²) in [4.78, 5) is 1.50. The van der Waals surface area contributed by atoms with E-state index in [-0.39, 0.29) is 0 Å². The Bertz CT molecular complexity index is 343. The lowest BCUT2D eigenvalue weighted by Gasteiger charge is -2.37. The zero-order chi connectivity index (χ0) is 13.2. The van der Waals surface area contributed by atoms with Gasteiger partial charge in [-0.3, -0.25) is 0 Å². The van der Waals surface area contributed by atoms with Crippen molar-refractivity contribution in [1.82, 2.24) is 5.32 Å². The molecule has 0 saturated heterocycles. The van der Waals surface area contributed by atoms with Gasteiger partial charge in [0.25, 0.3) is 0 Å². The number of thiophene rings is 1. The fourth-order valence-electron chi connectivity index (χ4n) is 2.89. The monoisotopic (exact) mass is 265 g/mol. The third-order valence-electron chi connectivity index (χ3n) is 4.27. The summed E-state index contributed by atoms with van der Waals surface area (Å²) in [5, 5.41) is 6.10. The van der Waals surface area contributed by atoms with Crippen molar-refractivity contribution < 1.29 is 0 Å². The minimum atomic E-state index is 0.538. The third-order valence-corrected chi connectivity index (χ3v) is 5.23. The van der Waals surface area contributed by atoms with Gasteiger partial charge < -0.3 is 5.32 Å². The first-order valence-electron chi connectivity index (χ1n) is 7.27. The molecule has 1 aliphatic rings. The first-order chi connectivity index (χ1) is 8.48. The predicted molar refractivity (Wildman–Crippen MR) is 81.1 cm³/mol. The molecule has 2 rings (SSSR count). The van der Waals surface area contributed by atoms with Gasteiger partial charge in [0.1, 0.15) is 0 Å². The lowest BCUT2D eigenvalue weighted by Crippen LogP contribution is -2.39. The second kappa shape index (κ2) is 5.75. The first-order valence-corrected chi connectivity index (χ1v) is 8.15. The molecule has 1 aliphatic carbocycles. The van der Waals surface area contributed by atoms with Crippen LogP contribution in [0, 0.1) is 11.3 Å². The van der Waals surface area contributed by atoms with E-state index in [1.165, 1.54) is 30.6 Å². The van der Waals surface area contributed by atoms with Crippen molar-refractivity contribution >= 4 is 11.3 Å². The zero-order valence-corrected chi connectivity index (χ0v) is 13.0. The quantitative estimate of drug-likeness (QED) is 0.807. The summed E-state index contributed by atoms with van der Waals surface area (Å²) in [7, 11) is 0. The SMILES string of the molecule is CC(C)C(NC1CCC(C)(C)CC1)c1cccs1. The molecular formula is C16H27NS. The van der Waals surface area contributed by atoms with Gasteiger partial charge >= 0.3 is 0 Å². The second-order valence-corrected chi connectivity index (χ2v) is 7.82. The number of nitrogens with one attached hydrogen (secondary N) is 1. The minimum absolute atomic E-state index is 0.538. The van der Waals surface area contributed by atoms with E-state index in [9.17, 15) is 0 Å². The van der Waals surface area contributed by atoms with E-state index in [2.05, 4.69) is 50.5 Å². The Morgan fingerprint density at radius 1 is 1.28 bits per heavy atom. The smallest absolute Gasteiger partial charge is 0.0440 e. The summed E-state index contributed by atoms with van der Waals surface area (Å²) >= 11 is 1.89. The average molecular weight is 265 g/mol. The molecule has 1 fully saturated rings. The van der Waals surface area contributed by atoms with E-state index in [4.69, 9.17) is 0 Å². The Morgan fingerprint density at radius 3 is 2.44 bits per heavy atom. The molecule has 102 valence electrons. The molecule has 0 aromatic carbocycles. The van der Waals surface area contributed by atoms with E-state index in [1.807, 2.05) is 11.3 Å². The van der Waals surface area contributed by atoms with Crippen molar-refractivity contribution in [2.75, 3.05) is 0 Å². The predicted octanol–water partition coefficient (Wildman–Crippen LogP) is 5.00. The van der Waals surface area contributed by atoms with Crippen molar-refractivity contribution in [2.45, 2.75) is 65.5 Å². The molecular weight excluding hydrogens is 238 g/mol. The summed E-state index contributed by atoms with van der Waals surface area (Å²) in [6.07, 6.45) is 5.39. The van der Waals surface area contributed by atoms with E-state index in [0.717, 1.165) is 0 Å². The van der Waals surface area contributed by atoms with Crippen LogP contribution in [0.5, 0.6) is 0 Å². The van der Waals surface area contributed by atoms with E-state index in [0.29, 0.717) is 23.4 Å². The average Bonchev–Trinajstić information content (AvgIpc) is 2.80. The second-order valence-electron chi connectivity index (χ2n) is 6.84. The van der Waals surface area contributed by atoms with Gasteiger partial charge in [0.05, 0.1) is 0 Å². The lowest BCUT2D eigenvalue weighted by atomic mass is 9.75. The fourth-order valence-corrected chi connectivity index (χ4v) is 3.85. The van der Waals surface area contributed by atoms with Gasteiger partial charge in [0.15, 0.2) is 0 Å². The van der Waals surface area contributed by atoms with Crippen molar-refractivity contribution in [3.05, 3.63) is 22.4 Å². The molecule has 1 saturated carbocycles. The molecule has 0 spiro atoms. The highest BCUT2D eigenvalue weighted by atomic mass is 32.1. The van der Waals surface area contributed by atoms with Crippen LogP contribution in [0.1, 0.15) is 64.3 Å². The molecule has 0 radical (unpaired) electrons. The number of rotatable bonds is 4. The molecule has 1 heterocycles. The van der Waals surface area contributed by atoms with Crippen LogP contribution in [0.4, 0.5) is 0 Å². The summed E-state index contributed by atoms with van der Waals surface area (Å²) in [5.74, 6) is 0.665. The highest BCUT2D eigenvalue weighted by Crippen LogP contribution is 2.36. The molecule has 1 aromatic rings. The fraction of sp³-hybridized carbons (Fsp3) is 0.750. The molecule has 1 unspecified atom stereocenters. The van der Waals surface area contributed by atoms with Gasteiger partial charge in [-0.2, -0.15) is 0 Å². The van der Waals surface area contributed by atoms with Crippen LogP contribution in [0.2, 0.25) is 0 Å². The van der Waals surface area contributed by atoms with Gasteiger partial charge in [0.2, 0.25) is 0 Å². The molecule has 1 nitrogen and oxygen atoms in total. The van der Waals surface area contributed by atoms with Gasteiger partial charge in [-0.1, -0.05) is 33.8 Å². The first kappa shape index (κ1) is 14.1. The Labute approximate surface area is 116 Å². The molecule has 0 amide bonds. The maximum atomic E-state index is 3.91. The van der Waals surface area contributed by atoms with E-state index >= 15 is 0 Å². The summed E-state index contributed by atoms with van der Waals surface area (Å²) in [6.45, 7) is 9.46. The Morgan fingerprint density at radius 2 is 1.94 bits per heavy atom. The molecule has 1 atom stereocenters. The Kier molecular flexibility index (Phi) is 4.50. The van der Waals surface area contributed by atoms with Crippen molar-refractivity contribution in [1.29, 1.82) is 0 Å². The highest BCUT2D eigenvalue weighted by Gasteiger charge is 2.29. The van der Waals surface area contributed by atoms with Gasteiger partial charge in [0, 0.05) is 17.0 Å². The molecule has 2 heteroatoms. The molecule has 0 bridgehead atoms. The summed E-state index contributed by atoms with van der Waals surface area (Å²) < 4.78 is 0. The van der Waals surface area contributed by atoms with Gasteiger partial charge in [-0.05, 0) is 48.5 Å². The standard InChI is InChI=1S/C16H27NS/c1-12(2)15(14-6-5-11-18-14)17-13-7-9-16(3,4)10-8-13/h5-6,11-13,15,17H,7-10H2,1-4H3. The van der Waals surface area contributed by atoms with Crippen molar-refractivity contribution in [2.24, 2.45) is 11.3 Å². The van der Waals surface area contributed by atoms with Crippen LogP contribution >= 0.6 is 11.3 Å². The lowest BCUT2D eigenvalue weighted by molar-refractivity contribution is 0.191. The van der Waals surface area contributed by atoms with E-state index in [1.54, 1.807) is 0 Å². The van der Waals surface area contributed by atoms with Crippen LogP contribution in [0.25, 0.3) is 0 Å². The van der Waals surface area contributed by atoms with Crippen LogP contribution in [-0.4, -0.2) is 6.04 Å². The Hall–Kier alpha value is -0.340. The van der Waals surface area contributed by atoms with Crippen LogP contribution in [-0.2, 0) is 0 Å². The van der Waals surface area contributed by atoms with Crippen LogP contribution < -0.4 is 5.32 Å². The van der Waals surface area contributed by atoms with Crippen LogP contribution in [0.3, 0.4) is 0 Å². The van der Waals surface area contributed by atoms with Crippen LogP contribution in [0.15, 0.2) is 17.5 Å². The third kappa shape index (κ3) is 3.58. The largest absolute Gasteiger partial charge is 0.306 e. The minimum Gasteiger partial charge on any atom is -0.306 e. The number of hydrogen-bond donors (Lipinski definition) is 1. The van der Waals surface area contributed by atoms with Gasteiger partial charge in [-0.15, -0.1) is 11.3 Å². The topological polar surface area (TPSA) is 12.0 Å². The normalized spacial score (nSPS) is 22.3. The van der Waals surface area contributed by atoms with Gasteiger partial charge in [-0.25, -0.2) is 0 Å². The summed E-state index contributed by atoms with van der Waals surface area (Å²) in [6, 6.07) is 5.69. The molecule has 18 heavy (non-hydrogen) atoms. The zero-order valence-electron chi connectivity index (χ0n) is 12.2. The highest BCUT2D eigenvalue weighted by molar-refractivity contribution is 7.10. The number of hydrogen-bond acceptors (Lipinski definition) is 2.